The van der Waals surface area contributed by atoms with Crippen molar-refractivity contribution in [3.05, 3.63) is 42.0 Å². The molecule has 4 nitrogen and oxygen atoms in total. The van der Waals surface area contributed by atoms with Crippen LogP contribution in [0.2, 0.25) is 0 Å². The molecule has 1 aliphatic carbocycles. The lowest BCUT2D eigenvalue weighted by atomic mass is 9.93. The third-order valence-electron chi connectivity index (χ3n) is 3.54. The lowest BCUT2D eigenvalue weighted by Gasteiger charge is -2.23. The maximum absolute atomic E-state index is 4.55. The summed E-state index contributed by atoms with van der Waals surface area (Å²) in [6, 6.07) is 4.48. The standard InChI is InChI=1S/C14H18N4/c1-2-16-13-4-3-5-14-12(13)10-17-18(14)11-6-8-15-9-7-11/h6-10,13,16H,2-5H2,1H3. The summed E-state index contributed by atoms with van der Waals surface area (Å²) in [5.41, 5.74) is 3.81. The van der Waals surface area contributed by atoms with Crippen LogP contribution in [0.5, 0.6) is 0 Å². The number of hydrogen-bond donors (Lipinski definition) is 1. The van der Waals surface area contributed by atoms with Crippen molar-refractivity contribution in [2.24, 2.45) is 0 Å². The van der Waals surface area contributed by atoms with Crippen LogP contribution < -0.4 is 5.32 Å². The van der Waals surface area contributed by atoms with Gasteiger partial charge in [0.05, 0.1) is 11.9 Å². The first-order chi connectivity index (χ1) is 8.90. The number of aromatic nitrogens is 3. The molecule has 0 spiro atoms. The molecule has 2 aromatic heterocycles. The highest BCUT2D eigenvalue weighted by molar-refractivity contribution is 5.35. The smallest absolute Gasteiger partial charge is 0.0679 e. The van der Waals surface area contributed by atoms with Gasteiger partial charge >= 0.3 is 0 Å². The summed E-state index contributed by atoms with van der Waals surface area (Å²) in [6.45, 7) is 3.16. The van der Waals surface area contributed by atoms with Crippen LogP contribution in [0.15, 0.2) is 30.7 Å². The SMILES string of the molecule is CCNC1CCCc2c1cnn2-c1ccncc1. The molecule has 1 atom stereocenters. The van der Waals surface area contributed by atoms with Crippen molar-refractivity contribution in [3.63, 3.8) is 0 Å². The Labute approximate surface area is 107 Å². The van der Waals surface area contributed by atoms with E-state index in [2.05, 4.69) is 27.0 Å². The summed E-state index contributed by atoms with van der Waals surface area (Å²) in [5.74, 6) is 0. The molecular formula is C14H18N4. The Kier molecular flexibility index (Phi) is 3.11. The average Bonchev–Trinajstić information content (AvgIpc) is 2.85. The molecule has 0 amide bonds. The van der Waals surface area contributed by atoms with Crippen molar-refractivity contribution in [1.29, 1.82) is 0 Å². The van der Waals surface area contributed by atoms with Crippen LogP contribution in [0.1, 0.15) is 37.1 Å². The second kappa shape index (κ2) is 4.90. The minimum absolute atomic E-state index is 0.467. The molecule has 0 radical (unpaired) electrons. The fraction of sp³-hybridized carbons (Fsp3) is 0.429. The van der Waals surface area contributed by atoms with Crippen molar-refractivity contribution in [1.82, 2.24) is 20.1 Å². The molecule has 0 saturated heterocycles. The van der Waals surface area contributed by atoms with E-state index < -0.39 is 0 Å². The van der Waals surface area contributed by atoms with Crippen LogP contribution in [-0.4, -0.2) is 21.3 Å². The summed E-state index contributed by atoms with van der Waals surface area (Å²) >= 11 is 0. The van der Waals surface area contributed by atoms with Gasteiger partial charge in [-0.25, -0.2) is 4.68 Å². The number of pyridine rings is 1. The number of nitrogens with one attached hydrogen (secondary N) is 1. The number of hydrogen-bond acceptors (Lipinski definition) is 3. The molecule has 2 heterocycles. The van der Waals surface area contributed by atoms with Crippen LogP contribution in [0.3, 0.4) is 0 Å². The lowest BCUT2D eigenvalue weighted by molar-refractivity contribution is 0.467. The van der Waals surface area contributed by atoms with Gasteiger partial charge in [0, 0.05) is 29.7 Å². The minimum atomic E-state index is 0.467. The first-order valence-electron chi connectivity index (χ1n) is 6.60. The van der Waals surface area contributed by atoms with Crippen molar-refractivity contribution < 1.29 is 0 Å². The van der Waals surface area contributed by atoms with Gasteiger partial charge in [0.2, 0.25) is 0 Å². The summed E-state index contributed by atoms with van der Waals surface area (Å²) in [4.78, 5) is 4.06. The maximum atomic E-state index is 4.55. The zero-order valence-corrected chi connectivity index (χ0v) is 10.6. The molecule has 0 saturated carbocycles. The van der Waals surface area contributed by atoms with Crippen LogP contribution in [0.25, 0.3) is 5.69 Å². The summed E-state index contributed by atoms with van der Waals surface area (Å²) in [7, 11) is 0. The second-order valence-electron chi connectivity index (χ2n) is 4.67. The van der Waals surface area contributed by atoms with Crippen molar-refractivity contribution in [2.45, 2.75) is 32.2 Å². The van der Waals surface area contributed by atoms with E-state index in [-0.39, 0.29) is 0 Å². The normalized spacial score (nSPS) is 18.6. The molecular weight excluding hydrogens is 224 g/mol. The summed E-state index contributed by atoms with van der Waals surface area (Å²) in [5, 5.41) is 8.09. The maximum Gasteiger partial charge on any atom is 0.0679 e. The molecule has 1 aliphatic rings. The average molecular weight is 242 g/mol. The third-order valence-corrected chi connectivity index (χ3v) is 3.54. The van der Waals surface area contributed by atoms with Gasteiger partial charge in [-0.3, -0.25) is 4.98 Å². The van der Waals surface area contributed by atoms with E-state index in [1.54, 1.807) is 0 Å². The minimum Gasteiger partial charge on any atom is -0.310 e. The molecule has 0 fully saturated rings. The topological polar surface area (TPSA) is 42.7 Å². The van der Waals surface area contributed by atoms with E-state index in [1.165, 1.54) is 24.1 Å². The first-order valence-corrected chi connectivity index (χ1v) is 6.60. The highest BCUT2D eigenvalue weighted by Gasteiger charge is 2.23. The van der Waals surface area contributed by atoms with E-state index in [9.17, 15) is 0 Å². The van der Waals surface area contributed by atoms with Gasteiger partial charge in [-0.2, -0.15) is 5.10 Å². The van der Waals surface area contributed by atoms with E-state index in [4.69, 9.17) is 0 Å². The quantitative estimate of drug-likeness (QED) is 0.897. The van der Waals surface area contributed by atoms with Crippen molar-refractivity contribution >= 4 is 0 Å². The molecule has 3 rings (SSSR count). The molecule has 4 heteroatoms. The molecule has 1 unspecified atom stereocenters. The van der Waals surface area contributed by atoms with Gasteiger partial charge in [-0.1, -0.05) is 6.92 Å². The van der Waals surface area contributed by atoms with Gasteiger partial charge in [-0.05, 0) is 37.9 Å². The highest BCUT2D eigenvalue weighted by atomic mass is 15.3. The van der Waals surface area contributed by atoms with E-state index in [0.29, 0.717) is 6.04 Å². The zero-order chi connectivity index (χ0) is 12.4. The second-order valence-corrected chi connectivity index (χ2v) is 4.67. The van der Waals surface area contributed by atoms with Crippen LogP contribution in [0, 0.1) is 0 Å². The number of fused-ring (bicyclic) bond motifs is 1. The third kappa shape index (κ3) is 1.93. The highest BCUT2D eigenvalue weighted by Crippen LogP contribution is 2.30. The van der Waals surface area contributed by atoms with Gasteiger partial charge in [0.15, 0.2) is 0 Å². The Morgan fingerprint density at radius 1 is 1.39 bits per heavy atom. The molecule has 2 aromatic rings. The van der Waals surface area contributed by atoms with Crippen molar-refractivity contribution in [3.8, 4) is 5.69 Å². The van der Waals surface area contributed by atoms with Gasteiger partial charge in [-0.15, -0.1) is 0 Å². The fourth-order valence-electron chi connectivity index (χ4n) is 2.72. The number of nitrogens with zero attached hydrogens (tertiary/aromatic N) is 3. The van der Waals surface area contributed by atoms with E-state index in [0.717, 1.165) is 18.7 Å². The fourth-order valence-corrected chi connectivity index (χ4v) is 2.72. The largest absolute Gasteiger partial charge is 0.310 e. The van der Waals surface area contributed by atoms with Crippen LogP contribution in [-0.2, 0) is 6.42 Å². The molecule has 18 heavy (non-hydrogen) atoms. The van der Waals surface area contributed by atoms with Crippen molar-refractivity contribution in [2.75, 3.05) is 6.54 Å². The van der Waals surface area contributed by atoms with E-state index in [1.807, 2.05) is 30.7 Å². The molecule has 1 N–H and O–H groups in total. The molecule has 0 aromatic carbocycles. The Hall–Kier alpha value is -1.68. The Bertz CT molecular complexity index is 518. The molecule has 94 valence electrons. The lowest BCUT2D eigenvalue weighted by Crippen LogP contribution is -2.24. The van der Waals surface area contributed by atoms with Gasteiger partial charge in [0.1, 0.15) is 0 Å². The Balaban J connectivity index is 2.00. The monoisotopic (exact) mass is 242 g/mol. The summed E-state index contributed by atoms with van der Waals surface area (Å²) < 4.78 is 2.06. The molecule has 0 aliphatic heterocycles. The van der Waals surface area contributed by atoms with E-state index >= 15 is 0 Å². The van der Waals surface area contributed by atoms with Gasteiger partial charge in [0.25, 0.3) is 0 Å². The zero-order valence-electron chi connectivity index (χ0n) is 10.6. The van der Waals surface area contributed by atoms with Gasteiger partial charge < -0.3 is 5.32 Å². The molecule has 0 bridgehead atoms. The first kappa shape index (κ1) is 11.4. The Morgan fingerprint density at radius 2 is 2.22 bits per heavy atom. The Morgan fingerprint density at radius 3 is 3.00 bits per heavy atom. The van der Waals surface area contributed by atoms with Crippen LogP contribution >= 0.6 is 0 Å². The predicted molar refractivity (Wildman–Crippen MR) is 70.7 cm³/mol. The summed E-state index contributed by atoms with van der Waals surface area (Å²) in [6.07, 6.45) is 9.19. The number of rotatable bonds is 3. The predicted octanol–water partition coefficient (Wildman–Crippen LogP) is 2.25. The van der Waals surface area contributed by atoms with Crippen LogP contribution in [0.4, 0.5) is 0 Å².